The first-order chi connectivity index (χ1) is 21.3. The summed E-state index contributed by atoms with van der Waals surface area (Å²) in [7, 11) is 3.47. The molecule has 2 saturated heterocycles. The number of nitrogens with one attached hydrogen (secondary N) is 2. The van der Waals surface area contributed by atoms with Crippen molar-refractivity contribution in [2.75, 3.05) is 82.3 Å². The number of likely N-dealkylation sites (N-methyl/N-ethyl adjacent to an activating group) is 1. The van der Waals surface area contributed by atoms with E-state index in [0.29, 0.717) is 39.3 Å². The van der Waals surface area contributed by atoms with E-state index in [1.165, 1.54) is 16.1 Å². The lowest BCUT2D eigenvalue weighted by atomic mass is 10.0. The molecule has 2 N–H and O–H groups in total. The summed E-state index contributed by atoms with van der Waals surface area (Å²) >= 11 is 13.5. The van der Waals surface area contributed by atoms with Gasteiger partial charge in [-0.2, -0.15) is 4.98 Å². The Morgan fingerprint density at radius 3 is 2.36 bits per heavy atom. The number of benzene rings is 3. The van der Waals surface area contributed by atoms with Crippen LogP contribution >= 0.6 is 31.1 Å². The zero-order valence-electron chi connectivity index (χ0n) is 25.8. The van der Waals surface area contributed by atoms with Crippen molar-refractivity contribution >= 4 is 76.0 Å². The number of fused-ring (bicyclic) bond motifs is 1. The van der Waals surface area contributed by atoms with Crippen LogP contribution in [0.4, 0.5) is 28.8 Å². The number of halogens is 2. The number of anilines is 5. The quantitative estimate of drug-likeness (QED) is 0.197. The molecule has 8 nitrogen and oxygen atoms in total. The smallest absolute Gasteiger partial charge is 0.229 e. The van der Waals surface area contributed by atoms with Gasteiger partial charge < -0.3 is 25.2 Å². The van der Waals surface area contributed by atoms with Crippen molar-refractivity contribution in [1.29, 1.82) is 0 Å². The van der Waals surface area contributed by atoms with Crippen molar-refractivity contribution in [3.63, 3.8) is 0 Å². The van der Waals surface area contributed by atoms with Gasteiger partial charge in [0.25, 0.3) is 0 Å². The largest absolute Gasteiger partial charge is 0.494 e. The molecule has 2 fully saturated rings. The summed E-state index contributed by atoms with van der Waals surface area (Å²) in [6.07, 6.45) is 3.87. The van der Waals surface area contributed by atoms with Crippen molar-refractivity contribution in [2.24, 2.45) is 0 Å². The van der Waals surface area contributed by atoms with Gasteiger partial charge in [-0.3, -0.25) is 4.90 Å². The van der Waals surface area contributed by atoms with Crippen LogP contribution in [0.3, 0.4) is 0 Å². The van der Waals surface area contributed by atoms with E-state index in [2.05, 4.69) is 87.1 Å². The van der Waals surface area contributed by atoms with Gasteiger partial charge in [0.05, 0.1) is 29.7 Å². The van der Waals surface area contributed by atoms with Crippen molar-refractivity contribution in [3.05, 3.63) is 64.8 Å². The molecule has 11 heteroatoms. The van der Waals surface area contributed by atoms with Gasteiger partial charge in [0.2, 0.25) is 5.95 Å². The summed E-state index contributed by atoms with van der Waals surface area (Å²) in [5, 5.41) is 11.6. The standard InChI is InChI=1S/C33H40Cl2N7OP/c1-40-15-17-41(18-16-40)23-11-13-42(14-12-23)29-20-30(43-2)28(19-25(29)34)38-33-36-21-26(35)32(39-33)37-27-10-9-22-7-5-6-8-24(22)31(27)44(3)4/h5-10,19-21,23H,11-18H2,1-4H3,(H2,36,37,38,39). The Balaban J connectivity index is 1.19. The molecule has 0 aliphatic carbocycles. The minimum absolute atomic E-state index is 0.393. The summed E-state index contributed by atoms with van der Waals surface area (Å²) in [5.74, 6) is 1.60. The molecule has 1 aromatic heterocycles. The highest BCUT2D eigenvalue weighted by Gasteiger charge is 2.28. The molecule has 0 bridgehead atoms. The van der Waals surface area contributed by atoms with Crippen LogP contribution in [0.25, 0.3) is 10.8 Å². The van der Waals surface area contributed by atoms with Crippen LogP contribution in [-0.2, 0) is 0 Å². The fourth-order valence-corrected chi connectivity index (χ4v) is 8.03. The fourth-order valence-electron chi connectivity index (χ4n) is 6.31. The molecule has 2 aliphatic heterocycles. The Bertz CT molecular complexity index is 1620. The zero-order chi connectivity index (χ0) is 30.8. The highest BCUT2D eigenvalue weighted by Crippen LogP contribution is 2.40. The molecule has 0 unspecified atom stereocenters. The number of rotatable bonds is 8. The summed E-state index contributed by atoms with van der Waals surface area (Å²) in [6, 6.07) is 17.2. The maximum Gasteiger partial charge on any atom is 0.229 e. The number of piperidine rings is 1. The van der Waals surface area contributed by atoms with Gasteiger partial charge in [-0.25, -0.2) is 4.98 Å². The molecule has 6 rings (SSSR count). The van der Waals surface area contributed by atoms with E-state index in [0.717, 1.165) is 63.5 Å². The van der Waals surface area contributed by atoms with Crippen LogP contribution in [0.5, 0.6) is 5.75 Å². The second-order valence-electron chi connectivity index (χ2n) is 11.8. The monoisotopic (exact) mass is 651 g/mol. The van der Waals surface area contributed by atoms with Crippen molar-refractivity contribution in [1.82, 2.24) is 19.8 Å². The summed E-state index contributed by atoms with van der Waals surface area (Å²) < 4.78 is 5.81. The molecule has 0 amide bonds. The van der Waals surface area contributed by atoms with E-state index in [1.807, 2.05) is 12.1 Å². The van der Waals surface area contributed by atoms with Gasteiger partial charge in [0.1, 0.15) is 10.8 Å². The molecule has 3 aromatic carbocycles. The highest BCUT2D eigenvalue weighted by atomic mass is 35.5. The summed E-state index contributed by atoms with van der Waals surface area (Å²) in [6.45, 7) is 11.1. The predicted octanol–water partition coefficient (Wildman–Crippen LogP) is 7.02. The Hall–Kier alpha value is -2.87. The third-order valence-electron chi connectivity index (χ3n) is 8.72. The number of methoxy groups -OCH3 is 1. The molecule has 2 aliphatic rings. The second-order valence-corrected chi connectivity index (χ2v) is 14.8. The molecule has 0 saturated carbocycles. The SMILES string of the molecule is COc1cc(N2CCC(N3CCN(C)CC3)CC2)c(Cl)cc1Nc1ncc(Cl)c(Nc2ccc3ccccc3c2P(C)C)n1. The Morgan fingerprint density at radius 2 is 1.64 bits per heavy atom. The Morgan fingerprint density at radius 1 is 0.886 bits per heavy atom. The lowest BCUT2D eigenvalue weighted by Gasteiger charge is -2.42. The first-order valence-electron chi connectivity index (χ1n) is 15.1. The molecule has 3 heterocycles. The molecule has 0 radical (unpaired) electrons. The minimum Gasteiger partial charge on any atom is -0.494 e. The van der Waals surface area contributed by atoms with E-state index in [9.17, 15) is 0 Å². The lowest BCUT2D eigenvalue weighted by Crippen LogP contribution is -2.52. The number of nitrogens with zero attached hydrogens (tertiary/aromatic N) is 5. The van der Waals surface area contributed by atoms with Gasteiger partial charge >= 0.3 is 0 Å². The first kappa shape index (κ1) is 31.1. The zero-order valence-corrected chi connectivity index (χ0v) is 28.2. The molecule has 0 spiro atoms. The van der Waals surface area contributed by atoms with Crippen LogP contribution in [0, 0.1) is 0 Å². The van der Waals surface area contributed by atoms with Crippen LogP contribution < -0.4 is 25.6 Å². The van der Waals surface area contributed by atoms with E-state index in [-0.39, 0.29) is 0 Å². The Labute approximate surface area is 271 Å². The van der Waals surface area contributed by atoms with Crippen LogP contribution in [0.15, 0.2) is 54.7 Å². The van der Waals surface area contributed by atoms with Gasteiger partial charge in [0.15, 0.2) is 5.82 Å². The third kappa shape index (κ3) is 6.70. The van der Waals surface area contributed by atoms with Crippen LogP contribution in [0.2, 0.25) is 10.0 Å². The van der Waals surface area contributed by atoms with E-state index in [4.69, 9.17) is 32.9 Å². The summed E-state index contributed by atoms with van der Waals surface area (Å²) in [4.78, 5) is 16.6. The topological polar surface area (TPSA) is 68.8 Å². The average molecular weight is 653 g/mol. The van der Waals surface area contributed by atoms with Gasteiger partial charge in [-0.15, -0.1) is 0 Å². The highest BCUT2D eigenvalue weighted by molar-refractivity contribution is 7.65. The van der Waals surface area contributed by atoms with Crippen molar-refractivity contribution in [3.8, 4) is 5.75 Å². The number of ether oxygens (including phenoxy) is 1. The fraction of sp³-hybridized carbons (Fsp3) is 0.394. The maximum atomic E-state index is 6.89. The third-order valence-corrected chi connectivity index (χ3v) is 10.7. The maximum absolute atomic E-state index is 6.89. The number of hydrogen-bond donors (Lipinski definition) is 2. The minimum atomic E-state index is -0.400. The number of piperazine rings is 1. The first-order valence-corrected chi connectivity index (χ1v) is 18.1. The van der Waals surface area contributed by atoms with E-state index >= 15 is 0 Å². The molecular weight excluding hydrogens is 612 g/mol. The normalized spacial score (nSPS) is 16.9. The lowest BCUT2D eigenvalue weighted by molar-refractivity contribution is 0.0982. The average Bonchev–Trinajstić information content (AvgIpc) is 3.03. The summed E-state index contributed by atoms with van der Waals surface area (Å²) in [5.41, 5.74) is 2.68. The number of hydrogen-bond acceptors (Lipinski definition) is 8. The van der Waals surface area contributed by atoms with Gasteiger partial charge in [-0.1, -0.05) is 61.5 Å². The van der Waals surface area contributed by atoms with Crippen LogP contribution in [-0.4, -0.2) is 92.6 Å². The molecule has 232 valence electrons. The van der Waals surface area contributed by atoms with E-state index < -0.39 is 7.92 Å². The van der Waals surface area contributed by atoms with Crippen LogP contribution in [0.1, 0.15) is 12.8 Å². The van der Waals surface area contributed by atoms with E-state index in [1.54, 1.807) is 13.3 Å². The van der Waals surface area contributed by atoms with Crippen molar-refractivity contribution in [2.45, 2.75) is 18.9 Å². The Kier molecular flexibility index (Phi) is 9.65. The molecule has 4 aromatic rings. The molecule has 44 heavy (non-hydrogen) atoms. The van der Waals surface area contributed by atoms with Gasteiger partial charge in [0, 0.05) is 62.4 Å². The predicted molar refractivity (Wildman–Crippen MR) is 188 cm³/mol. The molecular formula is C33H40Cl2N7OP. The second kappa shape index (κ2) is 13.6. The van der Waals surface area contributed by atoms with Crippen molar-refractivity contribution < 1.29 is 4.74 Å². The molecule has 0 atom stereocenters. The van der Waals surface area contributed by atoms with Gasteiger partial charge in [-0.05, 0) is 56.1 Å². The number of aromatic nitrogens is 2.